The fourth-order valence-electron chi connectivity index (χ4n) is 2.12. The summed E-state index contributed by atoms with van der Waals surface area (Å²) in [5, 5.41) is 1.62. The topological polar surface area (TPSA) is 38.3 Å². The largest absolute Gasteiger partial charge is 0.445 e. The molecule has 9 heteroatoms. The summed E-state index contributed by atoms with van der Waals surface area (Å²) in [5.41, 5.74) is -5.82. The maximum absolute atomic E-state index is 13.8. The number of amides is 1. The number of cyclic esters (lactones) is 1. The van der Waals surface area contributed by atoms with E-state index in [4.69, 9.17) is 0 Å². The summed E-state index contributed by atoms with van der Waals surface area (Å²) in [6, 6.07) is 0.127. The Kier molecular flexibility index (Phi) is 3.25. The molecule has 1 atom stereocenters. The van der Waals surface area contributed by atoms with Gasteiger partial charge in [0.15, 0.2) is 17.5 Å². The quantitative estimate of drug-likeness (QED) is 0.444. The zero-order chi connectivity index (χ0) is 17.0. The van der Waals surface area contributed by atoms with Crippen molar-refractivity contribution in [3.8, 4) is 11.8 Å². The van der Waals surface area contributed by atoms with Crippen molar-refractivity contribution >= 4 is 11.8 Å². The van der Waals surface area contributed by atoms with Gasteiger partial charge < -0.3 is 4.74 Å². The SMILES string of the molecule is O=C1Nc2c(cc(F)c(F)c2F)[C@@](C#CC2CC2)(C(F)(F)F)O1. The summed E-state index contributed by atoms with van der Waals surface area (Å²) in [4.78, 5) is 11.4. The van der Waals surface area contributed by atoms with Crippen LogP contribution in [0.4, 0.5) is 36.8 Å². The first-order valence-corrected chi connectivity index (χ1v) is 6.43. The van der Waals surface area contributed by atoms with Crippen LogP contribution in [0.25, 0.3) is 0 Å². The van der Waals surface area contributed by atoms with Crippen molar-refractivity contribution in [3.63, 3.8) is 0 Å². The zero-order valence-electron chi connectivity index (χ0n) is 11.2. The van der Waals surface area contributed by atoms with Gasteiger partial charge in [0.25, 0.3) is 5.60 Å². The molecule has 0 bridgehead atoms. The molecule has 1 saturated carbocycles. The van der Waals surface area contributed by atoms with E-state index in [1.165, 1.54) is 0 Å². The van der Waals surface area contributed by atoms with E-state index >= 15 is 0 Å². The molecule has 0 saturated heterocycles. The lowest BCUT2D eigenvalue weighted by Crippen LogP contribution is -2.49. The van der Waals surface area contributed by atoms with E-state index in [2.05, 4.69) is 10.7 Å². The number of rotatable bonds is 0. The maximum Gasteiger partial charge on any atom is 0.445 e. The second kappa shape index (κ2) is 4.81. The Morgan fingerprint density at radius 2 is 1.87 bits per heavy atom. The molecule has 122 valence electrons. The summed E-state index contributed by atoms with van der Waals surface area (Å²) < 4.78 is 85.3. The van der Waals surface area contributed by atoms with Crippen LogP contribution in [-0.2, 0) is 10.3 Å². The third kappa shape index (κ3) is 2.38. The number of ether oxygens (including phenoxy) is 1. The first-order valence-electron chi connectivity index (χ1n) is 6.43. The number of anilines is 1. The molecular weight excluding hydrogens is 328 g/mol. The molecule has 3 rings (SSSR count). The third-order valence-electron chi connectivity index (χ3n) is 3.44. The van der Waals surface area contributed by atoms with E-state index in [1.807, 2.05) is 0 Å². The Labute approximate surface area is 125 Å². The van der Waals surface area contributed by atoms with Crippen LogP contribution >= 0.6 is 0 Å². The summed E-state index contributed by atoms with van der Waals surface area (Å²) in [7, 11) is 0. The number of carbonyl (C=O) groups excluding carboxylic acids is 1. The van der Waals surface area contributed by atoms with E-state index < -0.39 is 46.6 Å². The summed E-state index contributed by atoms with van der Waals surface area (Å²) in [6.07, 6.45) is -5.79. The lowest BCUT2D eigenvalue weighted by molar-refractivity contribution is -0.239. The minimum atomic E-state index is -5.28. The molecule has 2 aliphatic rings. The van der Waals surface area contributed by atoms with Crippen LogP contribution in [0.15, 0.2) is 6.07 Å². The molecule has 23 heavy (non-hydrogen) atoms. The van der Waals surface area contributed by atoms with Gasteiger partial charge in [-0.2, -0.15) is 13.2 Å². The highest BCUT2D eigenvalue weighted by atomic mass is 19.4. The average molecular weight is 335 g/mol. The van der Waals surface area contributed by atoms with Crippen LogP contribution < -0.4 is 5.32 Å². The Hall–Kier alpha value is -2.37. The summed E-state index contributed by atoms with van der Waals surface area (Å²) in [6.45, 7) is 0. The fraction of sp³-hybridized carbons (Fsp3) is 0.357. The number of nitrogens with one attached hydrogen (secondary N) is 1. The van der Waals surface area contributed by atoms with Crippen LogP contribution in [0.5, 0.6) is 0 Å². The highest BCUT2D eigenvalue weighted by Gasteiger charge is 2.62. The monoisotopic (exact) mass is 335 g/mol. The van der Waals surface area contributed by atoms with Crippen molar-refractivity contribution in [1.82, 2.24) is 0 Å². The minimum Gasteiger partial charge on any atom is -0.415 e. The standard InChI is InChI=1S/C14H7F6NO2/c15-8-5-7-11(10(17)9(8)16)21-12(22)23-13(7,14(18,19)20)4-3-6-1-2-6/h5-6H,1-2H2,(H,21,22)/t13-/m0/s1. The number of benzene rings is 1. The molecule has 1 aromatic rings. The van der Waals surface area contributed by atoms with Crippen LogP contribution in [-0.4, -0.2) is 12.3 Å². The van der Waals surface area contributed by atoms with E-state index in [1.54, 1.807) is 11.2 Å². The number of hydrogen-bond donors (Lipinski definition) is 1. The number of halogens is 6. The normalized spacial score (nSPS) is 23.3. The number of carbonyl (C=O) groups is 1. The smallest absolute Gasteiger partial charge is 0.415 e. The second-order valence-electron chi connectivity index (χ2n) is 5.15. The Morgan fingerprint density at radius 3 is 2.43 bits per heavy atom. The minimum absolute atomic E-state index is 0.127. The summed E-state index contributed by atoms with van der Waals surface area (Å²) >= 11 is 0. The number of alkyl halides is 3. The number of fused-ring (bicyclic) bond motifs is 1. The molecule has 1 aliphatic carbocycles. The third-order valence-corrected chi connectivity index (χ3v) is 3.44. The van der Waals surface area contributed by atoms with Crippen LogP contribution in [0.1, 0.15) is 18.4 Å². The van der Waals surface area contributed by atoms with Gasteiger partial charge in [-0.1, -0.05) is 5.92 Å². The van der Waals surface area contributed by atoms with Crippen molar-refractivity contribution in [2.75, 3.05) is 5.32 Å². The van der Waals surface area contributed by atoms with Gasteiger partial charge in [-0.05, 0) is 24.8 Å². The molecular formula is C14H7F6NO2. The van der Waals surface area contributed by atoms with E-state index in [-0.39, 0.29) is 12.0 Å². The zero-order valence-corrected chi connectivity index (χ0v) is 11.2. The van der Waals surface area contributed by atoms with Gasteiger partial charge in [0.2, 0.25) is 0 Å². The molecule has 0 unspecified atom stereocenters. The van der Waals surface area contributed by atoms with Gasteiger partial charge in [-0.15, -0.1) is 0 Å². The molecule has 0 radical (unpaired) electrons. The fourth-order valence-corrected chi connectivity index (χ4v) is 2.12. The van der Waals surface area contributed by atoms with Gasteiger partial charge in [0.1, 0.15) is 0 Å². The molecule has 1 heterocycles. The molecule has 0 aromatic heterocycles. The highest BCUT2D eigenvalue weighted by Crippen LogP contribution is 2.48. The first kappa shape index (κ1) is 15.5. The van der Waals surface area contributed by atoms with Crippen molar-refractivity contribution in [1.29, 1.82) is 0 Å². The Morgan fingerprint density at radius 1 is 1.22 bits per heavy atom. The molecule has 3 nitrogen and oxygen atoms in total. The van der Waals surface area contributed by atoms with Crippen molar-refractivity contribution in [2.45, 2.75) is 24.6 Å². The summed E-state index contributed by atoms with van der Waals surface area (Å²) in [5.74, 6) is -2.04. The lowest BCUT2D eigenvalue weighted by atomic mass is 9.89. The average Bonchev–Trinajstić information content (AvgIpc) is 3.26. The van der Waals surface area contributed by atoms with E-state index in [0.717, 1.165) is 0 Å². The predicted molar refractivity (Wildman–Crippen MR) is 64.7 cm³/mol. The van der Waals surface area contributed by atoms with Gasteiger partial charge in [-0.25, -0.2) is 18.0 Å². The second-order valence-corrected chi connectivity index (χ2v) is 5.15. The van der Waals surface area contributed by atoms with E-state index in [9.17, 15) is 31.1 Å². The van der Waals surface area contributed by atoms with Crippen LogP contribution in [0, 0.1) is 35.2 Å². The predicted octanol–water partition coefficient (Wildman–Crippen LogP) is 3.84. The highest BCUT2D eigenvalue weighted by molar-refractivity contribution is 5.90. The lowest BCUT2D eigenvalue weighted by Gasteiger charge is -2.35. The molecule has 0 spiro atoms. The van der Waals surface area contributed by atoms with Crippen LogP contribution in [0.2, 0.25) is 0 Å². The van der Waals surface area contributed by atoms with E-state index in [0.29, 0.717) is 12.8 Å². The first-order chi connectivity index (χ1) is 10.7. The molecule has 1 N–H and O–H groups in total. The molecule has 1 aromatic carbocycles. The molecule has 1 amide bonds. The Bertz CT molecular complexity index is 759. The van der Waals surface area contributed by atoms with Gasteiger partial charge in [0.05, 0.1) is 5.69 Å². The van der Waals surface area contributed by atoms with Crippen molar-refractivity contribution in [3.05, 3.63) is 29.1 Å². The van der Waals surface area contributed by atoms with Crippen molar-refractivity contribution < 1.29 is 35.9 Å². The Balaban J connectivity index is 2.30. The van der Waals surface area contributed by atoms with Gasteiger partial charge >= 0.3 is 12.3 Å². The van der Waals surface area contributed by atoms with Crippen LogP contribution in [0.3, 0.4) is 0 Å². The van der Waals surface area contributed by atoms with Gasteiger partial charge in [-0.3, -0.25) is 5.32 Å². The van der Waals surface area contributed by atoms with Crippen molar-refractivity contribution in [2.24, 2.45) is 5.92 Å². The molecule has 1 aliphatic heterocycles. The number of hydrogen-bond acceptors (Lipinski definition) is 2. The molecule has 1 fully saturated rings. The maximum atomic E-state index is 13.8. The van der Waals surface area contributed by atoms with Gasteiger partial charge in [0, 0.05) is 11.5 Å².